The summed E-state index contributed by atoms with van der Waals surface area (Å²) in [7, 11) is 0. The molecule has 0 fully saturated rings. The molecule has 1 aromatic carbocycles. The van der Waals surface area contributed by atoms with E-state index in [4.69, 9.17) is 4.74 Å². The zero-order valence-corrected chi connectivity index (χ0v) is 6.84. The molecule has 0 aliphatic carbocycles. The average Bonchev–Trinajstić information content (AvgIpc) is 2.07. The summed E-state index contributed by atoms with van der Waals surface area (Å²) in [5.41, 5.74) is 0. The third-order valence-corrected chi connectivity index (χ3v) is 1.45. The fraction of sp³-hybridized carbons (Fsp3) is 0.400. The second-order valence-corrected chi connectivity index (χ2v) is 2.44. The summed E-state index contributed by atoms with van der Waals surface area (Å²) in [5, 5.41) is 0. The molecule has 63 valence electrons. The first-order chi connectivity index (χ1) is 5.43. The molecule has 0 unspecified atom stereocenters. The topological polar surface area (TPSA) is 9.23 Å². The standard InChI is InChI=1S/C10H13O.Mg.2H/c1-2-3-9-11-10-7-5-4-6-8-10;;;/h5-8H,2-3,9H2,1H3;;;. The van der Waals surface area contributed by atoms with Crippen molar-refractivity contribution in [1.29, 1.82) is 0 Å². The van der Waals surface area contributed by atoms with Crippen LogP contribution in [0.25, 0.3) is 0 Å². The van der Waals surface area contributed by atoms with Crippen LogP contribution in [0, 0.1) is 6.07 Å². The van der Waals surface area contributed by atoms with Gasteiger partial charge < -0.3 is 4.74 Å². The average molecular weight is 176 g/mol. The van der Waals surface area contributed by atoms with Gasteiger partial charge in [-0.2, -0.15) is 0 Å². The van der Waals surface area contributed by atoms with Crippen LogP contribution in [0.3, 0.4) is 0 Å². The number of benzene rings is 1. The highest BCUT2D eigenvalue weighted by Crippen LogP contribution is 2.08. The lowest BCUT2D eigenvalue weighted by Gasteiger charge is -2.03. The number of rotatable bonds is 4. The molecule has 0 N–H and O–H groups in total. The Kier molecular flexibility index (Phi) is 7.30. The molecule has 0 saturated heterocycles. The third-order valence-electron chi connectivity index (χ3n) is 1.45. The van der Waals surface area contributed by atoms with Crippen molar-refractivity contribution in [3.05, 3.63) is 30.3 Å². The maximum Gasteiger partial charge on any atom is 0.316 e. The minimum absolute atomic E-state index is 0. The van der Waals surface area contributed by atoms with Crippen LogP contribution in [0.15, 0.2) is 24.3 Å². The van der Waals surface area contributed by atoms with Crippen LogP contribution < -0.4 is 4.74 Å². The molecule has 0 aromatic heterocycles. The molecule has 0 aliphatic heterocycles. The maximum absolute atomic E-state index is 5.43. The Bertz CT molecular complexity index is 186. The highest BCUT2D eigenvalue weighted by molar-refractivity contribution is 5.75. The van der Waals surface area contributed by atoms with Crippen molar-refractivity contribution in [2.24, 2.45) is 0 Å². The summed E-state index contributed by atoms with van der Waals surface area (Å²) in [5.74, 6) is 0.942. The van der Waals surface area contributed by atoms with Gasteiger partial charge in [-0.1, -0.05) is 25.5 Å². The molecule has 0 atom stereocenters. The SMILES string of the molecule is CCCCOc1cc[c]cc1.[MgH2]. The van der Waals surface area contributed by atoms with E-state index in [1.807, 2.05) is 24.3 Å². The maximum atomic E-state index is 5.43. The highest BCUT2D eigenvalue weighted by atomic mass is 24.3. The molecule has 0 spiro atoms. The largest absolute Gasteiger partial charge is 0.494 e. The van der Waals surface area contributed by atoms with Crippen LogP contribution in [-0.4, -0.2) is 29.7 Å². The fourth-order valence-corrected chi connectivity index (χ4v) is 0.802. The van der Waals surface area contributed by atoms with Crippen molar-refractivity contribution in [1.82, 2.24) is 0 Å². The first-order valence-electron chi connectivity index (χ1n) is 4.02. The van der Waals surface area contributed by atoms with Crippen LogP contribution in [0.4, 0.5) is 0 Å². The van der Waals surface area contributed by atoms with E-state index >= 15 is 0 Å². The Labute approximate surface area is 90.3 Å². The minimum atomic E-state index is 0. The summed E-state index contributed by atoms with van der Waals surface area (Å²) in [6, 6.07) is 10.5. The normalized spacial score (nSPS) is 8.75. The second kappa shape index (κ2) is 7.44. The zero-order valence-electron chi connectivity index (χ0n) is 6.84. The van der Waals surface area contributed by atoms with Crippen molar-refractivity contribution in [3.63, 3.8) is 0 Å². The van der Waals surface area contributed by atoms with Gasteiger partial charge in [0, 0.05) is 0 Å². The molecular weight excluding hydrogens is 160 g/mol. The molecule has 1 rings (SSSR count). The van der Waals surface area contributed by atoms with Crippen molar-refractivity contribution >= 4 is 23.1 Å². The Morgan fingerprint density at radius 1 is 1.33 bits per heavy atom. The Morgan fingerprint density at radius 3 is 2.58 bits per heavy atom. The molecule has 0 aliphatic rings. The van der Waals surface area contributed by atoms with Crippen LogP contribution in [0.2, 0.25) is 0 Å². The Balaban J connectivity index is 0.00000121. The number of hydrogen-bond donors (Lipinski definition) is 0. The van der Waals surface area contributed by atoms with Gasteiger partial charge in [0.15, 0.2) is 0 Å². The zero-order chi connectivity index (χ0) is 7.94. The number of unbranched alkanes of at least 4 members (excludes halogenated alkanes) is 1. The van der Waals surface area contributed by atoms with E-state index in [0.717, 1.165) is 18.8 Å². The van der Waals surface area contributed by atoms with Crippen molar-refractivity contribution in [3.8, 4) is 5.75 Å². The van der Waals surface area contributed by atoms with E-state index < -0.39 is 0 Å². The first-order valence-corrected chi connectivity index (χ1v) is 4.02. The van der Waals surface area contributed by atoms with Gasteiger partial charge in [0.1, 0.15) is 5.75 Å². The van der Waals surface area contributed by atoms with Crippen LogP contribution in [0.5, 0.6) is 5.75 Å². The second-order valence-electron chi connectivity index (χ2n) is 2.44. The summed E-state index contributed by atoms with van der Waals surface area (Å²) in [6.07, 6.45) is 2.30. The molecule has 0 bridgehead atoms. The molecule has 0 heterocycles. The molecule has 1 nitrogen and oxygen atoms in total. The smallest absolute Gasteiger partial charge is 0.316 e. The van der Waals surface area contributed by atoms with Crippen molar-refractivity contribution < 1.29 is 4.74 Å². The van der Waals surface area contributed by atoms with E-state index in [0.29, 0.717) is 0 Å². The Hall–Kier alpha value is -0.214. The van der Waals surface area contributed by atoms with Gasteiger partial charge in [0.25, 0.3) is 0 Å². The van der Waals surface area contributed by atoms with Gasteiger partial charge in [0.2, 0.25) is 0 Å². The molecular formula is C10H15MgO. The Morgan fingerprint density at radius 2 is 2.00 bits per heavy atom. The van der Waals surface area contributed by atoms with Gasteiger partial charge in [-0.15, -0.1) is 0 Å². The monoisotopic (exact) mass is 175 g/mol. The molecule has 0 saturated carbocycles. The van der Waals surface area contributed by atoms with Gasteiger partial charge in [-0.05, 0) is 24.6 Å². The molecule has 2 heteroatoms. The van der Waals surface area contributed by atoms with Gasteiger partial charge >= 0.3 is 23.1 Å². The molecule has 0 amide bonds. The quantitative estimate of drug-likeness (QED) is 0.501. The van der Waals surface area contributed by atoms with Crippen LogP contribution >= 0.6 is 0 Å². The van der Waals surface area contributed by atoms with E-state index in [-0.39, 0.29) is 23.1 Å². The van der Waals surface area contributed by atoms with Gasteiger partial charge in [-0.3, -0.25) is 0 Å². The summed E-state index contributed by atoms with van der Waals surface area (Å²) in [6.45, 7) is 2.97. The number of ether oxygens (including phenoxy) is 1. The predicted molar refractivity (Wildman–Crippen MR) is 54.2 cm³/mol. The summed E-state index contributed by atoms with van der Waals surface area (Å²) >= 11 is 0. The third kappa shape index (κ3) is 4.62. The lowest BCUT2D eigenvalue weighted by molar-refractivity contribution is 0.309. The van der Waals surface area contributed by atoms with E-state index in [1.165, 1.54) is 6.42 Å². The van der Waals surface area contributed by atoms with Crippen molar-refractivity contribution in [2.45, 2.75) is 19.8 Å². The minimum Gasteiger partial charge on any atom is -0.494 e. The van der Waals surface area contributed by atoms with E-state index in [1.54, 1.807) is 0 Å². The molecule has 12 heavy (non-hydrogen) atoms. The summed E-state index contributed by atoms with van der Waals surface area (Å²) in [4.78, 5) is 0. The van der Waals surface area contributed by atoms with E-state index in [9.17, 15) is 0 Å². The molecule has 1 aromatic rings. The van der Waals surface area contributed by atoms with Crippen LogP contribution in [-0.2, 0) is 0 Å². The predicted octanol–water partition coefficient (Wildman–Crippen LogP) is 1.75. The summed E-state index contributed by atoms with van der Waals surface area (Å²) < 4.78 is 5.43. The lowest BCUT2D eigenvalue weighted by atomic mass is 10.3. The highest BCUT2D eigenvalue weighted by Gasteiger charge is 1.88. The van der Waals surface area contributed by atoms with Gasteiger partial charge in [-0.25, -0.2) is 0 Å². The fourth-order valence-electron chi connectivity index (χ4n) is 0.802. The van der Waals surface area contributed by atoms with Crippen LogP contribution in [0.1, 0.15) is 19.8 Å². The number of hydrogen-bond acceptors (Lipinski definition) is 1. The molecule has 1 radical (unpaired) electrons. The van der Waals surface area contributed by atoms with Gasteiger partial charge in [0.05, 0.1) is 6.61 Å². The lowest BCUT2D eigenvalue weighted by Crippen LogP contribution is -1.95. The van der Waals surface area contributed by atoms with Crippen molar-refractivity contribution in [2.75, 3.05) is 6.61 Å². The first kappa shape index (κ1) is 11.8. The van der Waals surface area contributed by atoms with E-state index in [2.05, 4.69) is 13.0 Å².